The van der Waals surface area contributed by atoms with Crippen LogP contribution in [-0.2, 0) is 30.4 Å². The first kappa shape index (κ1) is 27.5. The third kappa shape index (κ3) is 9.25. The molecule has 0 aliphatic rings. The van der Waals surface area contributed by atoms with Crippen LogP contribution in [0, 0.1) is 5.92 Å². The molecule has 0 aliphatic heterocycles. The second kappa shape index (κ2) is 13.1. The average molecular weight is 466 g/mol. The van der Waals surface area contributed by atoms with Crippen molar-refractivity contribution in [2.24, 2.45) is 17.4 Å². The molecule has 0 aliphatic carbocycles. The summed E-state index contributed by atoms with van der Waals surface area (Å²) in [6, 6.07) is 3.91. The van der Waals surface area contributed by atoms with Crippen LogP contribution < -0.4 is 27.4 Å². The lowest BCUT2D eigenvalue weighted by molar-refractivity contribution is -0.144. The molecule has 4 unspecified atom stereocenters. The van der Waals surface area contributed by atoms with Crippen LogP contribution in [0.3, 0.4) is 0 Å². The molecular formula is C21H31N5O7. The van der Waals surface area contributed by atoms with Gasteiger partial charge in [-0.15, -0.1) is 0 Å². The van der Waals surface area contributed by atoms with E-state index in [4.69, 9.17) is 16.6 Å². The van der Waals surface area contributed by atoms with E-state index < -0.39 is 72.7 Å². The number of amides is 4. The molecule has 9 N–H and O–H groups in total. The Morgan fingerprint density at radius 2 is 1.48 bits per heavy atom. The standard InChI is InChI=1S/C21H31N5O7/c1-11(2)17(26-18(29)13(22)8-12-6-4-3-5-7-12)20(31)25-15(10-27)19(30)24-14(21(32)33)9-16(23)28/h3-7,11,13-15,17,27H,8-10,22H2,1-2H3,(H2,23,28)(H,24,30)(H,25,31)(H,26,29)(H,32,33). The molecule has 0 bridgehead atoms. The van der Waals surface area contributed by atoms with Crippen LogP contribution in [0.25, 0.3) is 0 Å². The maximum absolute atomic E-state index is 12.7. The van der Waals surface area contributed by atoms with Crippen molar-refractivity contribution in [1.82, 2.24) is 16.0 Å². The molecule has 0 radical (unpaired) electrons. The highest BCUT2D eigenvalue weighted by Gasteiger charge is 2.31. The molecule has 0 saturated carbocycles. The summed E-state index contributed by atoms with van der Waals surface area (Å²) in [4.78, 5) is 59.7. The monoisotopic (exact) mass is 465 g/mol. The van der Waals surface area contributed by atoms with Gasteiger partial charge in [0.25, 0.3) is 0 Å². The molecular weight excluding hydrogens is 434 g/mol. The van der Waals surface area contributed by atoms with Crippen LogP contribution in [0.5, 0.6) is 0 Å². The van der Waals surface area contributed by atoms with E-state index in [9.17, 15) is 29.1 Å². The highest BCUT2D eigenvalue weighted by Crippen LogP contribution is 2.06. The van der Waals surface area contributed by atoms with Crippen LogP contribution in [-0.4, -0.2) is 70.6 Å². The Hall–Kier alpha value is -3.51. The third-order valence-electron chi connectivity index (χ3n) is 4.72. The molecule has 0 heterocycles. The molecule has 4 amide bonds. The molecule has 12 nitrogen and oxygen atoms in total. The van der Waals surface area contributed by atoms with Crippen molar-refractivity contribution < 1.29 is 34.2 Å². The highest BCUT2D eigenvalue weighted by atomic mass is 16.4. The minimum atomic E-state index is -1.63. The maximum Gasteiger partial charge on any atom is 0.326 e. The SMILES string of the molecule is CC(C)C(NC(=O)C(N)Cc1ccccc1)C(=O)NC(CO)C(=O)NC(CC(N)=O)C(=O)O. The van der Waals surface area contributed by atoms with Crippen LogP contribution in [0.1, 0.15) is 25.8 Å². The van der Waals surface area contributed by atoms with Gasteiger partial charge in [-0.25, -0.2) is 4.79 Å². The fourth-order valence-electron chi connectivity index (χ4n) is 2.89. The number of nitrogens with two attached hydrogens (primary N) is 2. The van der Waals surface area contributed by atoms with Gasteiger partial charge in [0.15, 0.2) is 0 Å². The van der Waals surface area contributed by atoms with Crippen molar-refractivity contribution in [2.45, 2.75) is 50.9 Å². The summed E-state index contributed by atoms with van der Waals surface area (Å²) in [6.45, 7) is 2.47. The van der Waals surface area contributed by atoms with Crippen molar-refractivity contribution in [2.75, 3.05) is 6.61 Å². The number of aliphatic hydroxyl groups is 1. The van der Waals surface area contributed by atoms with Gasteiger partial charge in [-0.1, -0.05) is 44.2 Å². The van der Waals surface area contributed by atoms with Crippen LogP contribution in [0.15, 0.2) is 30.3 Å². The molecule has 0 saturated heterocycles. The van der Waals surface area contributed by atoms with Gasteiger partial charge in [-0.2, -0.15) is 0 Å². The third-order valence-corrected chi connectivity index (χ3v) is 4.72. The summed E-state index contributed by atoms with van der Waals surface area (Å²) in [7, 11) is 0. The quantitative estimate of drug-likeness (QED) is 0.167. The van der Waals surface area contributed by atoms with Gasteiger partial charge >= 0.3 is 5.97 Å². The molecule has 0 aromatic heterocycles. The number of hydrogen-bond acceptors (Lipinski definition) is 7. The minimum absolute atomic E-state index is 0.247. The fraction of sp³-hybridized carbons (Fsp3) is 0.476. The first-order valence-corrected chi connectivity index (χ1v) is 10.3. The second-order valence-electron chi connectivity index (χ2n) is 7.84. The predicted octanol–water partition coefficient (Wildman–Crippen LogP) is -2.38. The lowest BCUT2D eigenvalue weighted by Crippen LogP contribution is -2.59. The number of carbonyl (C=O) groups is 5. The molecule has 12 heteroatoms. The molecule has 1 rings (SSSR count). The van der Waals surface area contributed by atoms with Gasteiger partial charge in [0.1, 0.15) is 18.1 Å². The largest absolute Gasteiger partial charge is 0.480 e. The number of aliphatic hydroxyl groups excluding tert-OH is 1. The number of nitrogens with one attached hydrogen (secondary N) is 3. The summed E-state index contributed by atoms with van der Waals surface area (Å²) in [6.07, 6.45) is -0.422. The zero-order chi connectivity index (χ0) is 25.1. The molecule has 1 aromatic carbocycles. The number of benzene rings is 1. The maximum atomic E-state index is 12.7. The van der Waals surface area contributed by atoms with Crippen LogP contribution >= 0.6 is 0 Å². The molecule has 0 spiro atoms. The average Bonchev–Trinajstić information content (AvgIpc) is 2.74. The van der Waals surface area contributed by atoms with Crippen molar-refractivity contribution in [1.29, 1.82) is 0 Å². The number of carbonyl (C=O) groups excluding carboxylic acids is 4. The summed E-state index contributed by atoms with van der Waals surface area (Å²) >= 11 is 0. The summed E-state index contributed by atoms with van der Waals surface area (Å²) < 4.78 is 0. The Morgan fingerprint density at radius 3 is 1.97 bits per heavy atom. The van der Waals surface area contributed by atoms with Gasteiger partial charge in [0, 0.05) is 0 Å². The molecule has 182 valence electrons. The lowest BCUT2D eigenvalue weighted by atomic mass is 10.0. The topological polar surface area (TPSA) is 214 Å². The smallest absolute Gasteiger partial charge is 0.326 e. The Bertz CT molecular complexity index is 847. The Labute approximate surface area is 191 Å². The van der Waals surface area contributed by atoms with E-state index in [2.05, 4.69) is 10.6 Å². The van der Waals surface area contributed by atoms with E-state index in [1.165, 1.54) is 0 Å². The van der Waals surface area contributed by atoms with Crippen molar-refractivity contribution in [3.63, 3.8) is 0 Å². The fourth-order valence-corrected chi connectivity index (χ4v) is 2.89. The zero-order valence-electron chi connectivity index (χ0n) is 18.5. The number of aliphatic carboxylic acids is 1. The van der Waals surface area contributed by atoms with Crippen LogP contribution in [0.4, 0.5) is 0 Å². The van der Waals surface area contributed by atoms with E-state index in [0.29, 0.717) is 0 Å². The molecule has 0 fully saturated rings. The second-order valence-corrected chi connectivity index (χ2v) is 7.84. The Kier molecular flexibility index (Phi) is 11.0. The predicted molar refractivity (Wildman–Crippen MR) is 117 cm³/mol. The Morgan fingerprint density at radius 1 is 0.909 bits per heavy atom. The minimum Gasteiger partial charge on any atom is -0.480 e. The first-order valence-electron chi connectivity index (χ1n) is 10.3. The van der Waals surface area contributed by atoms with E-state index in [1.807, 2.05) is 35.6 Å². The molecule has 4 atom stereocenters. The Balaban J connectivity index is 2.80. The zero-order valence-corrected chi connectivity index (χ0v) is 18.5. The summed E-state index contributed by atoms with van der Waals surface area (Å²) in [5.74, 6) is -5.26. The van der Waals surface area contributed by atoms with E-state index in [0.717, 1.165) is 5.56 Å². The molecule has 1 aromatic rings. The number of hydrogen-bond donors (Lipinski definition) is 7. The summed E-state index contributed by atoms with van der Waals surface area (Å²) in [5.41, 5.74) is 11.8. The van der Waals surface area contributed by atoms with Crippen molar-refractivity contribution >= 4 is 29.6 Å². The molecule has 33 heavy (non-hydrogen) atoms. The van der Waals surface area contributed by atoms with Gasteiger partial charge in [0.05, 0.1) is 19.1 Å². The highest BCUT2D eigenvalue weighted by molar-refractivity contribution is 5.95. The lowest BCUT2D eigenvalue weighted by Gasteiger charge is -2.26. The van der Waals surface area contributed by atoms with E-state index in [1.54, 1.807) is 13.8 Å². The van der Waals surface area contributed by atoms with E-state index in [-0.39, 0.29) is 6.42 Å². The van der Waals surface area contributed by atoms with Crippen molar-refractivity contribution in [3.8, 4) is 0 Å². The van der Waals surface area contributed by atoms with Crippen LogP contribution in [0.2, 0.25) is 0 Å². The van der Waals surface area contributed by atoms with Gasteiger partial charge < -0.3 is 37.6 Å². The number of carboxylic acid groups (broad SMARTS) is 1. The normalized spacial score (nSPS) is 14.5. The number of carboxylic acids is 1. The number of rotatable bonds is 13. The van der Waals surface area contributed by atoms with Crippen molar-refractivity contribution in [3.05, 3.63) is 35.9 Å². The summed E-state index contributed by atoms with van der Waals surface area (Å²) in [5, 5.41) is 25.5. The first-order chi connectivity index (χ1) is 15.5. The van der Waals surface area contributed by atoms with Gasteiger partial charge in [-0.3, -0.25) is 19.2 Å². The van der Waals surface area contributed by atoms with Gasteiger partial charge in [-0.05, 0) is 17.9 Å². The van der Waals surface area contributed by atoms with Gasteiger partial charge in [0.2, 0.25) is 23.6 Å². The van der Waals surface area contributed by atoms with E-state index >= 15 is 0 Å². The number of primary amides is 1.